The Hall–Kier alpha value is -1.91. The van der Waals surface area contributed by atoms with Gasteiger partial charge in [0.05, 0.1) is 0 Å². The molecule has 1 aliphatic heterocycles. The molecule has 0 bridgehead atoms. The van der Waals surface area contributed by atoms with E-state index in [9.17, 15) is 9.59 Å². The van der Waals surface area contributed by atoms with Gasteiger partial charge in [0.25, 0.3) is 0 Å². The Morgan fingerprint density at radius 2 is 2.00 bits per heavy atom. The maximum Gasteiger partial charge on any atom is 0.219 e. The van der Waals surface area contributed by atoms with Gasteiger partial charge < -0.3 is 9.80 Å². The van der Waals surface area contributed by atoms with Crippen molar-refractivity contribution < 1.29 is 9.59 Å². The summed E-state index contributed by atoms with van der Waals surface area (Å²) in [6.45, 7) is 4.62. The number of carbonyl (C=O) groups is 2. The number of hydrogen-bond acceptors (Lipinski definition) is 4. The zero-order valence-corrected chi connectivity index (χ0v) is 9.80. The Balaban J connectivity index is 2.00. The predicted molar refractivity (Wildman–Crippen MR) is 64.1 cm³/mol. The molecule has 1 amide bonds. The molecule has 90 valence electrons. The van der Waals surface area contributed by atoms with Gasteiger partial charge >= 0.3 is 0 Å². The van der Waals surface area contributed by atoms with Crippen LogP contribution in [0, 0.1) is 0 Å². The van der Waals surface area contributed by atoms with E-state index in [-0.39, 0.29) is 5.91 Å². The number of piperazine rings is 1. The van der Waals surface area contributed by atoms with Gasteiger partial charge in [-0.05, 0) is 12.1 Å². The lowest BCUT2D eigenvalue weighted by atomic mass is 10.2. The Morgan fingerprint density at radius 1 is 1.29 bits per heavy atom. The van der Waals surface area contributed by atoms with E-state index in [1.165, 1.54) is 0 Å². The SMILES string of the molecule is CC(=O)N1CCN(c2ccc(C=O)cn2)CC1. The summed E-state index contributed by atoms with van der Waals surface area (Å²) in [6, 6.07) is 3.60. The number of pyridine rings is 1. The highest BCUT2D eigenvalue weighted by Crippen LogP contribution is 2.13. The van der Waals surface area contributed by atoms with Crippen molar-refractivity contribution in [1.82, 2.24) is 9.88 Å². The maximum atomic E-state index is 11.2. The number of nitrogens with zero attached hydrogens (tertiary/aromatic N) is 3. The number of hydrogen-bond donors (Lipinski definition) is 0. The molecule has 1 aliphatic rings. The zero-order chi connectivity index (χ0) is 12.3. The molecular formula is C12H15N3O2. The second-order valence-electron chi connectivity index (χ2n) is 4.06. The monoisotopic (exact) mass is 233 g/mol. The Labute approximate surface area is 100 Å². The Morgan fingerprint density at radius 3 is 2.47 bits per heavy atom. The van der Waals surface area contributed by atoms with E-state index in [1.54, 1.807) is 19.2 Å². The number of carbonyl (C=O) groups excluding carboxylic acids is 2. The summed E-state index contributed by atoms with van der Waals surface area (Å²) in [7, 11) is 0. The van der Waals surface area contributed by atoms with Crippen molar-refractivity contribution in [3.05, 3.63) is 23.9 Å². The van der Waals surface area contributed by atoms with Crippen molar-refractivity contribution in [2.45, 2.75) is 6.92 Å². The standard InChI is InChI=1S/C12H15N3O2/c1-10(17)14-4-6-15(7-5-14)12-3-2-11(9-16)8-13-12/h2-3,8-9H,4-7H2,1H3. The number of amides is 1. The quantitative estimate of drug-likeness (QED) is 0.700. The van der Waals surface area contributed by atoms with Gasteiger partial charge in [0, 0.05) is 44.9 Å². The van der Waals surface area contributed by atoms with Crippen LogP contribution in [0.4, 0.5) is 5.82 Å². The summed E-state index contributed by atoms with van der Waals surface area (Å²) < 4.78 is 0. The molecule has 0 saturated carbocycles. The van der Waals surface area contributed by atoms with E-state index in [2.05, 4.69) is 9.88 Å². The first kappa shape index (κ1) is 11.6. The normalized spacial score (nSPS) is 15.8. The second-order valence-corrected chi connectivity index (χ2v) is 4.06. The van der Waals surface area contributed by atoms with Crippen molar-refractivity contribution in [1.29, 1.82) is 0 Å². The van der Waals surface area contributed by atoms with Crippen LogP contribution < -0.4 is 4.90 Å². The summed E-state index contributed by atoms with van der Waals surface area (Å²) in [5.74, 6) is 0.979. The van der Waals surface area contributed by atoms with Crippen molar-refractivity contribution in [2.75, 3.05) is 31.1 Å². The zero-order valence-electron chi connectivity index (χ0n) is 9.80. The van der Waals surface area contributed by atoms with Gasteiger partial charge in [-0.1, -0.05) is 0 Å². The van der Waals surface area contributed by atoms with Crippen LogP contribution in [0.3, 0.4) is 0 Å². The van der Waals surface area contributed by atoms with Gasteiger partial charge in [0.1, 0.15) is 5.82 Å². The van der Waals surface area contributed by atoms with Crippen LogP contribution in [0.2, 0.25) is 0 Å². The van der Waals surface area contributed by atoms with Crippen LogP contribution in [0.25, 0.3) is 0 Å². The molecule has 0 atom stereocenters. The highest BCUT2D eigenvalue weighted by atomic mass is 16.2. The van der Waals surface area contributed by atoms with E-state index in [1.807, 2.05) is 11.0 Å². The first-order valence-electron chi connectivity index (χ1n) is 5.62. The molecule has 5 heteroatoms. The van der Waals surface area contributed by atoms with Crippen molar-refractivity contribution >= 4 is 18.0 Å². The fraction of sp³-hybridized carbons (Fsp3) is 0.417. The van der Waals surface area contributed by atoms with Crippen LogP contribution in [-0.2, 0) is 4.79 Å². The molecule has 2 heterocycles. The van der Waals surface area contributed by atoms with Crippen molar-refractivity contribution in [3.63, 3.8) is 0 Å². The summed E-state index contributed by atoms with van der Waals surface area (Å²) in [4.78, 5) is 29.9. The van der Waals surface area contributed by atoms with Crippen LogP contribution in [0.1, 0.15) is 17.3 Å². The molecule has 0 radical (unpaired) electrons. The smallest absolute Gasteiger partial charge is 0.219 e. The molecule has 2 rings (SSSR count). The van der Waals surface area contributed by atoms with E-state index in [4.69, 9.17) is 0 Å². The van der Waals surface area contributed by atoms with Crippen LogP contribution in [0.5, 0.6) is 0 Å². The van der Waals surface area contributed by atoms with E-state index in [0.29, 0.717) is 5.56 Å². The molecule has 1 aromatic heterocycles. The number of aldehydes is 1. The molecule has 1 aromatic rings. The fourth-order valence-electron chi connectivity index (χ4n) is 1.90. The Kier molecular flexibility index (Phi) is 3.37. The summed E-state index contributed by atoms with van der Waals surface area (Å²) in [5, 5.41) is 0. The number of aromatic nitrogens is 1. The van der Waals surface area contributed by atoms with Crippen molar-refractivity contribution in [2.24, 2.45) is 0 Å². The lowest BCUT2D eigenvalue weighted by Gasteiger charge is -2.34. The molecule has 1 saturated heterocycles. The van der Waals surface area contributed by atoms with Gasteiger partial charge in [-0.3, -0.25) is 9.59 Å². The van der Waals surface area contributed by atoms with Gasteiger partial charge in [0.2, 0.25) is 5.91 Å². The Bertz CT molecular complexity index is 408. The second kappa shape index (κ2) is 4.95. The minimum absolute atomic E-state index is 0.119. The van der Waals surface area contributed by atoms with Gasteiger partial charge in [0.15, 0.2) is 6.29 Å². The molecule has 17 heavy (non-hydrogen) atoms. The molecule has 0 aliphatic carbocycles. The van der Waals surface area contributed by atoms with Crippen LogP contribution in [0.15, 0.2) is 18.3 Å². The van der Waals surface area contributed by atoms with Crippen LogP contribution in [-0.4, -0.2) is 48.3 Å². The topological polar surface area (TPSA) is 53.5 Å². The third-order valence-corrected chi connectivity index (χ3v) is 2.96. The number of rotatable bonds is 2. The third kappa shape index (κ3) is 2.61. The maximum absolute atomic E-state index is 11.2. The van der Waals surface area contributed by atoms with Gasteiger partial charge in [-0.2, -0.15) is 0 Å². The average Bonchev–Trinajstić information content (AvgIpc) is 2.39. The highest BCUT2D eigenvalue weighted by molar-refractivity contribution is 5.75. The van der Waals surface area contributed by atoms with Crippen molar-refractivity contribution in [3.8, 4) is 0 Å². The van der Waals surface area contributed by atoms with Gasteiger partial charge in [-0.15, -0.1) is 0 Å². The highest BCUT2D eigenvalue weighted by Gasteiger charge is 2.19. The van der Waals surface area contributed by atoms with E-state index in [0.717, 1.165) is 38.3 Å². The van der Waals surface area contributed by atoms with Gasteiger partial charge in [-0.25, -0.2) is 4.98 Å². The first-order valence-corrected chi connectivity index (χ1v) is 5.62. The van der Waals surface area contributed by atoms with E-state index >= 15 is 0 Å². The molecule has 0 aromatic carbocycles. The molecule has 0 N–H and O–H groups in total. The molecule has 0 spiro atoms. The molecular weight excluding hydrogens is 218 g/mol. The predicted octanol–water partition coefficient (Wildman–Crippen LogP) is 0.563. The minimum Gasteiger partial charge on any atom is -0.353 e. The third-order valence-electron chi connectivity index (χ3n) is 2.96. The van der Waals surface area contributed by atoms with Crippen LogP contribution >= 0.6 is 0 Å². The molecule has 5 nitrogen and oxygen atoms in total. The van der Waals surface area contributed by atoms with E-state index < -0.39 is 0 Å². The summed E-state index contributed by atoms with van der Waals surface area (Å²) in [5.41, 5.74) is 0.580. The average molecular weight is 233 g/mol. The summed E-state index contributed by atoms with van der Waals surface area (Å²) >= 11 is 0. The number of anilines is 1. The molecule has 0 unspecified atom stereocenters. The lowest BCUT2D eigenvalue weighted by molar-refractivity contribution is -0.129. The minimum atomic E-state index is 0.119. The first-order chi connectivity index (χ1) is 8.20. The lowest BCUT2D eigenvalue weighted by Crippen LogP contribution is -2.48. The molecule has 1 fully saturated rings. The summed E-state index contributed by atoms with van der Waals surface area (Å²) in [6.07, 6.45) is 2.35. The largest absolute Gasteiger partial charge is 0.353 e. The fourth-order valence-corrected chi connectivity index (χ4v) is 1.90.